The van der Waals surface area contributed by atoms with Crippen molar-refractivity contribution in [1.82, 2.24) is 30.0 Å². The van der Waals surface area contributed by atoms with E-state index in [1.54, 1.807) is 23.4 Å². The van der Waals surface area contributed by atoms with Crippen LogP contribution in [0.3, 0.4) is 0 Å². The van der Waals surface area contributed by atoms with Gasteiger partial charge in [-0.1, -0.05) is 12.1 Å². The smallest absolute Gasteiger partial charge is 0.274 e. The lowest BCUT2D eigenvalue weighted by Gasteiger charge is -2.31. The Morgan fingerprint density at radius 3 is 2.63 bits per heavy atom. The number of hydrogen-bond acceptors (Lipinski definition) is 5. The van der Waals surface area contributed by atoms with Gasteiger partial charge in [-0.15, -0.1) is 0 Å². The molecule has 3 aromatic rings. The number of hydrogen-bond donors (Lipinski definition) is 2. The van der Waals surface area contributed by atoms with Crippen molar-refractivity contribution in [3.8, 4) is 0 Å². The first kappa shape index (κ1) is 23.2. The zero-order valence-corrected chi connectivity index (χ0v) is 19.9. The van der Waals surface area contributed by atoms with E-state index in [1.807, 2.05) is 18.4 Å². The van der Waals surface area contributed by atoms with Gasteiger partial charge in [-0.3, -0.25) is 14.7 Å². The zero-order chi connectivity index (χ0) is 24.5. The second-order valence-corrected chi connectivity index (χ2v) is 9.24. The number of likely N-dealkylation sites (tertiary alicyclic amines) is 1. The van der Waals surface area contributed by atoms with Crippen LogP contribution in [0.25, 0.3) is 0 Å². The molecule has 2 amide bonds. The number of nitrogens with one attached hydrogen (secondary N) is 2. The minimum absolute atomic E-state index is 0.0108. The normalized spacial score (nSPS) is 18.4. The van der Waals surface area contributed by atoms with Crippen molar-refractivity contribution >= 4 is 11.8 Å². The molecular weight excluding hydrogens is 451 g/mol. The minimum atomic E-state index is -0.287. The van der Waals surface area contributed by atoms with Crippen molar-refractivity contribution in [2.45, 2.75) is 52.5 Å². The highest BCUT2D eigenvalue weighted by molar-refractivity contribution is 5.93. The van der Waals surface area contributed by atoms with Gasteiger partial charge >= 0.3 is 0 Å². The highest BCUT2D eigenvalue weighted by atomic mass is 19.1. The molecule has 2 aliphatic heterocycles. The molecule has 0 saturated carbocycles. The van der Waals surface area contributed by atoms with Crippen LogP contribution in [-0.4, -0.2) is 49.6 Å². The lowest BCUT2D eigenvalue weighted by molar-refractivity contribution is -0.126. The van der Waals surface area contributed by atoms with Gasteiger partial charge < -0.3 is 19.5 Å². The summed E-state index contributed by atoms with van der Waals surface area (Å²) in [6.45, 7) is 6.09. The number of aryl methyl sites for hydroxylation is 2. The number of benzene rings is 1. The number of amides is 2. The molecule has 1 atom stereocenters. The lowest BCUT2D eigenvalue weighted by Crippen LogP contribution is -2.43. The Morgan fingerprint density at radius 2 is 1.94 bits per heavy atom. The molecule has 0 aliphatic carbocycles. The number of piperidine rings is 1. The summed E-state index contributed by atoms with van der Waals surface area (Å²) in [6, 6.07) is 6.26. The maximum absolute atomic E-state index is 13.2. The van der Waals surface area contributed by atoms with Crippen LogP contribution in [-0.2, 0) is 29.2 Å². The van der Waals surface area contributed by atoms with Crippen molar-refractivity contribution < 1.29 is 18.7 Å². The van der Waals surface area contributed by atoms with E-state index >= 15 is 0 Å². The Morgan fingerprint density at radius 1 is 1.20 bits per heavy atom. The molecule has 5 rings (SSSR count). The first-order chi connectivity index (χ1) is 16.9. The number of aromatic nitrogens is 4. The highest BCUT2D eigenvalue weighted by Gasteiger charge is 2.32. The van der Waals surface area contributed by atoms with E-state index in [0.717, 1.165) is 28.2 Å². The largest absolute Gasteiger partial charge is 0.365 e. The van der Waals surface area contributed by atoms with Gasteiger partial charge in [0.15, 0.2) is 5.69 Å². The molecule has 9 nitrogen and oxygen atoms in total. The summed E-state index contributed by atoms with van der Waals surface area (Å²) in [5.74, 6) is -0.532. The van der Waals surface area contributed by atoms with Crippen LogP contribution in [0.4, 0.5) is 4.39 Å². The second kappa shape index (κ2) is 9.61. The molecule has 0 unspecified atom stereocenters. The minimum Gasteiger partial charge on any atom is -0.365 e. The molecule has 4 heterocycles. The van der Waals surface area contributed by atoms with Crippen molar-refractivity contribution in [2.24, 2.45) is 5.92 Å². The molecule has 35 heavy (non-hydrogen) atoms. The van der Waals surface area contributed by atoms with Crippen LogP contribution in [0.1, 0.15) is 57.6 Å². The molecule has 1 aromatic carbocycles. The molecule has 184 valence electrons. The average molecular weight is 481 g/mol. The van der Waals surface area contributed by atoms with Crippen LogP contribution < -0.4 is 5.32 Å². The number of fused-ring (bicyclic) bond motifs is 1. The number of H-pyrrole nitrogens is 1. The van der Waals surface area contributed by atoms with Crippen molar-refractivity contribution in [2.75, 3.05) is 13.1 Å². The molecule has 2 aromatic heterocycles. The summed E-state index contributed by atoms with van der Waals surface area (Å²) >= 11 is 0. The number of carbonyl (C=O) groups excluding carboxylic acids is 2. The van der Waals surface area contributed by atoms with Gasteiger partial charge in [-0.05, 0) is 44.4 Å². The topological polar surface area (TPSA) is 105 Å². The van der Waals surface area contributed by atoms with Gasteiger partial charge in [0.25, 0.3) is 5.91 Å². The average Bonchev–Trinajstić information content (AvgIpc) is 3.44. The van der Waals surface area contributed by atoms with Crippen molar-refractivity contribution in [3.63, 3.8) is 0 Å². The van der Waals surface area contributed by atoms with Gasteiger partial charge in [-0.25, -0.2) is 9.37 Å². The Bertz CT molecular complexity index is 1210. The van der Waals surface area contributed by atoms with Crippen LogP contribution in [0, 0.1) is 25.6 Å². The number of imidazole rings is 1. The van der Waals surface area contributed by atoms with E-state index < -0.39 is 0 Å². The fourth-order valence-corrected chi connectivity index (χ4v) is 4.83. The molecular formula is C25H29FN6O3. The Labute approximate surface area is 202 Å². The first-order valence-corrected chi connectivity index (χ1v) is 11.9. The second-order valence-electron chi connectivity index (χ2n) is 9.24. The summed E-state index contributed by atoms with van der Waals surface area (Å²) in [4.78, 5) is 32.0. The van der Waals surface area contributed by atoms with Gasteiger partial charge in [0.1, 0.15) is 11.9 Å². The molecule has 1 fully saturated rings. The summed E-state index contributed by atoms with van der Waals surface area (Å²) in [5, 5.41) is 10.1. The summed E-state index contributed by atoms with van der Waals surface area (Å²) < 4.78 is 21.1. The maximum Gasteiger partial charge on any atom is 0.274 e. The highest BCUT2D eigenvalue weighted by Crippen LogP contribution is 2.29. The number of carbonyl (C=O) groups is 2. The fourth-order valence-electron chi connectivity index (χ4n) is 4.83. The quantitative estimate of drug-likeness (QED) is 0.584. The third-order valence-electron chi connectivity index (χ3n) is 7.05. The summed E-state index contributed by atoms with van der Waals surface area (Å²) in [7, 11) is 0. The molecule has 0 spiro atoms. The number of ether oxygens (including phenoxy) is 1. The number of nitrogens with zero attached hydrogens (tertiary/aromatic N) is 4. The van der Waals surface area contributed by atoms with Crippen molar-refractivity contribution in [1.29, 1.82) is 0 Å². The van der Waals surface area contributed by atoms with E-state index in [9.17, 15) is 14.0 Å². The molecule has 1 saturated heterocycles. The monoisotopic (exact) mass is 480 g/mol. The van der Waals surface area contributed by atoms with Crippen LogP contribution in [0.15, 0.2) is 30.6 Å². The summed E-state index contributed by atoms with van der Waals surface area (Å²) in [5.41, 5.74) is 4.89. The zero-order valence-electron chi connectivity index (χ0n) is 19.9. The van der Waals surface area contributed by atoms with Crippen LogP contribution >= 0.6 is 0 Å². The van der Waals surface area contributed by atoms with Gasteiger partial charge in [0.05, 0.1) is 30.9 Å². The molecule has 0 bridgehead atoms. The van der Waals surface area contributed by atoms with E-state index in [1.165, 1.54) is 12.1 Å². The summed E-state index contributed by atoms with van der Waals surface area (Å²) in [6.07, 6.45) is 2.67. The van der Waals surface area contributed by atoms with E-state index in [0.29, 0.717) is 44.7 Å². The predicted octanol–water partition coefficient (Wildman–Crippen LogP) is 2.80. The Hall–Kier alpha value is -3.53. The standard InChI is InChI=1S/C25H29FN6O3/c1-15-20(16(2)30-29-15)11-27-24(33)18-7-9-31(10-8-18)25(34)23-21-13-35-22(12-32(21)14-28-23)17-3-5-19(26)6-4-17/h3-6,14,18,22H,7-13H2,1-2H3,(H,27,33)(H,29,30)/t22-/m1/s1. The van der Waals surface area contributed by atoms with E-state index in [-0.39, 0.29) is 36.3 Å². The van der Waals surface area contributed by atoms with Crippen molar-refractivity contribution in [3.05, 3.63) is 70.3 Å². The number of rotatable bonds is 5. The maximum atomic E-state index is 13.2. The van der Waals surface area contributed by atoms with Crippen LogP contribution in [0.5, 0.6) is 0 Å². The van der Waals surface area contributed by atoms with Gasteiger partial charge in [0.2, 0.25) is 5.91 Å². The predicted molar refractivity (Wildman–Crippen MR) is 125 cm³/mol. The van der Waals surface area contributed by atoms with E-state index in [4.69, 9.17) is 4.74 Å². The van der Waals surface area contributed by atoms with Crippen LogP contribution in [0.2, 0.25) is 0 Å². The fraction of sp³-hybridized carbons (Fsp3) is 0.440. The molecule has 2 N–H and O–H groups in total. The lowest BCUT2D eigenvalue weighted by atomic mass is 9.95. The molecule has 10 heteroatoms. The third-order valence-corrected chi connectivity index (χ3v) is 7.05. The number of aromatic amines is 1. The SMILES string of the molecule is Cc1n[nH]c(C)c1CNC(=O)C1CCN(C(=O)c2ncn3c2CO[C@@H](c2ccc(F)cc2)C3)CC1. The van der Waals surface area contributed by atoms with Gasteiger partial charge in [-0.2, -0.15) is 5.10 Å². The van der Waals surface area contributed by atoms with Gasteiger partial charge in [0, 0.05) is 36.8 Å². The Kier molecular flexibility index (Phi) is 6.38. The number of halogens is 1. The van der Waals surface area contributed by atoms with E-state index in [2.05, 4.69) is 20.5 Å². The molecule has 0 radical (unpaired) electrons. The third kappa shape index (κ3) is 4.70. The molecule has 2 aliphatic rings. The Balaban J connectivity index is 1.16. The first-order valence-electron chi connectivity index (χ1n) is 11.9.